The fourth-order valence-corrected chi connectivity index (χ4v) is 1.16. The Morgan fingerprint density at radius 1 is 1.21 bits per heavy atom. The summed E-state index contributed by atoms with van der Waals surface area (Å²) in [7, 11) is 0. The lowest BCUT2D eigenvalue weighted by Gasteiger charge is -2.00. The highest BCUT2D eigenvalue weighted by atomic mass is 16.1. The minimum absolute atomic E-state index is 0.122. The third-order valence-corrected chi connectivity index (χ3v) is 1.64. The second-order valence-electron chi connectivity index (χ2n) is 3.28. The van der Waals surface area contributed by atoms with Gasteiger partial charge in [0, 0.05) is 11.4 Å². The van der Waals surface area contributed by atoms with E-state index in [0.717, 1.165) is 11.4 Å². The van der Waals surface area contributed by atoms with Crippen LogP contribution in [0.5, 0.6) is 0 Å². The van der Waals surface area contributed by atoms with E-state index in [9.17, 15) is 9.59 Å². The molecule has 14 heavy (non-hydrogen) atoms. The van der Waals surface area contributed by atoms with Gasteiger partial charge >= 0.3 is 0 Å². The van der Waals surface area contributed by atoms with E-state index in [2.05, 4.69) is 9.97 Å². The maximum atomic E-state index is 11.4. The molecular weight excluding hydrogens is 180 g/mol. The molecule has 0 amide bonds. The lowest BCUT2D eigenvalue weighted by Crippen LogP contribution is -2.10. The van der Waals surface area contributed by atoms with Gasteiger partial charge in [0.2, 0.25) is 5.78 Å². The molecule has 0 fully saturated rings. The first-order valence-corrected chi connectivity index (χ1v) is 4.34. The van der Waals surface area contributed by atoms with Gasteiger partial charge in [-0.05, 0) is 26.8 Å². The monoisotopic (exact) mass is 192 g/mol. The van der Waals surface area contributed by atoms with Gasteiger partial charge in [-0.1, -0.05) is 0 Å². The van der Waals surface area contributed by atoms with Crippen LogP contribution in [0.25, 0.3) is 0 Å². The quantitative estimate of drug-likeness (QED) is 0.534. The molecular formula is C10H12N2O2. The number of rotatable bonds is 3. The van der Waals surface area contributed by atoms with Crippen molar-refractivity contribution in [2.24, 2.45) is 0 Å². The zero-order chi connectivity index (χ0) is 10.7. The Morgan fingerprint density at radius 2 is 1.71 bits per heavy atom. The van der Waals surface area contributed by atoms with Gasteiger partial charge in [0.05, 0.1) is 6.42 Å². The number of aromatic nitrogens is 2. The Bertz CT molecular complexity index is 365. The first kappa shape index (κ1) is 10.5. The van der Waals surface area contributed by atoms with Gasteiger partial charge in [0.15, 0.2) is 5.82 Å². The van der Waals surface area contributed by atoms with Crippen molar-refractivity contribution in [3.8, 4) is 0 Å². The zero-order valence-corrected chi connectivity index (χ0v) is 8.50. The number of nitrogens with zero attached hydrogens (tertiary/aromatic N) is 2. The van der Waals surface area contributed by atoms with Crippen LogP contribution < -0.4 is 0 Å². The lowest BCUT2D eigenvalue weighted by atomic mass is 10.2. The van der Waals surface area contributed by atoms with E-state index < -0.39 is 0 Å². The Morgan fingerprint density at radius 3 is 2.14 bits per heavy atom. The summed E-state index contributed by atoms with van der Waals surface area (Å²) in [6.07, 6.45) is -0.122. The molecule has 1 aromatic rings. The molecule has 0 aromatic carbocycles. The minimum atomic E-state index is -0.315. The second kappa shape index (κ2) is 4.09. The molecule has 0 unspecified atom stereocenters. The number of carbonyl (C=O) groups is 2. The van der Waals surface area contributed by atoms with E-state index >= 15 is 0 Å². The summed E-state index contributed by atoms with van der Waals surface area (Å²) >= 11 is 0. The van der Waals surface area contributed by atoms with Crippen LogP contribution in [-0.4, -0.2) is 21.5 Å². The standard InChI is InChI=1S/C10H12N2O2/c1-6-4-7(2)12-10(11-6)9(14)5-8(3)13/h4H,5H2,1-3H3. The molecule has 0 N–H and O–H groups in total. The van der Waals surface area contributed by atoms with E-state index in [1.54, 1.807) is 19.9 Å². The molecule has 0 atom stereocenters. The van der Waals surface area contributed by atoms with Crippen molar-refractivity contribution >= 4 is 11.6 Å². The van der Waals surface area contributed by atoms with Crippen LogP contribution in [-0.2, 0) is 4.79 Å². The Balaban J connectivity index is 2.95. The second-order valence-corrected chi connectivity index (χ2v) is 3.28. The summed E-state index contributed by atoms with van der Waals surface area (Å²) in [5.74, 6) is -0.347. The molecule has 0 bridgehead atoms. The predicted molar refractivity (Wildman–Crippen MR) is 51.1 cm³/mol. The summed E-state index contributed by atoms with van der Waals surface area (Å²) in [5, 5.41) is 0. The summed E-state index contributed by atoms with van der Waals surface area (Å²) in [6.45, 7) is 4.96. The Kier molecular flexibility index (Phi) is 3.06. The number of Topliss-reactive ketones (excluding diaryl/α,β-unsaturated/α-hetero) is 2. The van der Waals surface area contributed by atoms with Gasteiger partial charge in [-0.25, -0.2) is 9.97 Å². The molecule has 4 nitrogen and oxygen atoms in total. The third-order valence-electron chi connectivity index (χ3n) is 1.64. The Labute approximate surface area is 82.4 Å². The topological polar surface area (TPSA) is 59.9 Å². The predicted octanol–water partition coefficient (Wildman–Crippen LogP) is 1.26. The molecule has 1 aromatic heterocycles. The summed E-state index contributed by atoms with van der Waals surface area (Å²) in [6, 6.07) is 1.78. The zero-order valence-electron chi connectivity index (χ0n) is 8.50. The van der Waals surface area contributed by atoms with Crippen molar-refractivity contribution in [2.75, 3.05) is 0 Å². The number of carbonyl (C=O) groups excluding carboxylic acids is 2. The van der Waals surface area contributed by atoms with E-state index in [-0.39, 0.29) is 23.8 Å². The summed E-state index contributed by atoms with van der Waals surface area (Å²) < 4.78 is 0. The van der Waals surface area contributed by atoms with Gasteiger partial charge in [0.1, 0.15) is 5.78 Å². The van der Waals surface area contributed by atoms with Crippen molar-refractivity contribution in [2.45, 2.75) is 27.2 Å². The van der Waals surface area contributed by atoms with Gasteiger partial charge < -0.3 is 0 Å². The maximum Gasteiger partial charge on any atom is 0.207 e. The van der Waals surface area contributed by atoms with Crippen LogP contribution in [0.4, 0.5) is 0 Å². The highest BCUT2D eigenvalue weighted by molar-refractivity contribution is 6.05. The fraction of sp³-hybridized carbons (Fsp3) is 0.400. The molecule has 0 aliphatic carbocycles. The van der Waals surface area contributed by atoms with Crippen molar-refractivity contribution in [1.82, 2.24) is 9.97 Å². The van der Waals surface area contributed by atoms with Crippen LogP contribution in [0.2, 0.25) is 0 Å². The smallest absolute Gasteiger partial charge is 0.207 e. The molecule has 4 heteroatoms. The van der Waals surface area contributed by atoms with Gasteiger partial charge in [-0.15, -0.1) is 0 Å². The highest BCUT2D eigenvalue weighted by Crippen LogP contribution is 2.02. The Hall–Kier alpha value is -1.58. The van der Waals surface area contributed by atoms with Crippen LogP contribution >= 0.6 is 0 Å². The normalized spacial score (nSPS) is 9.93. The number of hydrogen-bond donors (Lipinski definition) is 0. The minimum Gasteiger partial charge on any atom is -0.300 e. The van der Waals surface area contributed by atoms with E-state index in [4.69, 9.17) is 0 Å². The molecule has 1 heterocycles. The van der Waals surface area contributed by atoms with Crippen molar-refractivity contribution in [3.63, 3.8) is 0 Å². The van der Waals surface area contributed by atoms with E-state index in [1.807, 2.05) is 0 Å². The maximum absolute atomic E-state index is 11.4. The van der Waals surface area contributed by atoms with Crippen molar-refractivity contribution in [1.29, 1.82) is 0 Å². The highest BCUT2D eigenvalue weighted by Gasteiger charge is 2.12. The fourth-order valence-electron chi connectivity index (χ4n) is 1.16. The summed E-state index contributed by atoms with van der Waals surface area (Å²) in [5.41, 5.74) is 1.48. The van der Waals surface area contributed by atoms with Gasteiger partial charge in [-0.2, -0.15) is 0 Å². The number of ketones is 2. The molecule has 0 radical (unpaired) electrons. The van der Waals surface area contributed by atoms with E-state index in [1.165, 1.54) is 6.92 Å². The molecule has 0 saturated heterocycles. The SMILES string of the molecule is CC(=O)CC(=O)c1nc(C)cc(C)n1. The van der Waals surface area contributed by atoms with Crippen LogP contribution in [0, 0.1) is 13.8 Å². The largest absolute Gasteiger partial charge is 0.300 e. The van der Waals surface area contributed by atoms with Crippen LogP contribution in [0.3, 0.4) is 0 Å². The third kappa shape index (κ3) is 2.73. The molecule has 0 saturated carbocycles. The first-order valence-electron chi connectivity index (χ1n) is 4.34. The average Bonchev–Trinajstić information content (AvgIpc) is 2.00. The molecule has 1 rings (SSSR count). The van der Waals surface area contributed by atoms with Crippen LogP contribution in [0.1, 0.15) is 35.4 Å². The lowest BCUT2D eigenvalue weighted by molar-refractivity contribution is -0.116. The molecule has 0 spiro atoms. The number of aryl methyl sites for hydroxylation is 2. The van der Waals surface area contributed by atoms with Crippen molar-refractivity contribution < 1.29 is 9.59 Å². The molecule has 0 aliphatic heterocycles. The molecule has 74 valence electrons. The number of hydrogen-bond acceptors (Lipinski definition) is 4. The molecule has 0 aliphatic rings. The van der Waals surface area contributed by atoms with E-state index in [0.29, 0.717) is 0 Å². The van der Waals surface area contributed by atoms with Gasteiger partial charge in [0.25, 0.3) is 0 Å². The summed E-state index contributed by atoms with van der Waals surface area (Å²) in [4.78, 5) is 30.1. The van der Waals surface area contributed by atoms with Crippen molar-refractivity contribution in [3.05, 3.63) is 23.3 Å². The average molecular weight is 192 g/mol. The van der Waals surface area contributed by atoms with Gasteiger partial charge in [-0.3, -0.25) is 9.59 Å². The first-order chi connectivity index (χ1) is 6.49. The van der Waals surface area contributed by atoms with Crippen LogP contribution in [0.15, 0.2) is 6.07 Å².